The van der Waals surface area contributed by atoms with Crippen molar-refractivity contribution in [3.8, 4) is 0 Å². The Hall–Kier alpha value is -2.27. The highest BCUT2D eigenvalue weighted by molar-refractivity contribution is 5.74. The molecule has 0 aliphatic carbocycles. The number of nitrogens with one attached hydrogen (secondary N) is 2. The van der Waals surface area contributed by atoms with E-state index in [1.165, 1.54) is 12.8 Å². The summed E-state index contributed by atoms with van der Waals surface area (Å²) in [6.07, 6.45) is 5.73. The topological polar surface area (TPSA) is 57.5 Å². The maximum atomic E-state index is 12.2. The first-order valence-electron chi connectivity index (χ1n) is 8.14. The molecule has 2 N–H and O–H groups in total. The van der Waals surface area contributed by atoms with Crippen LogP contribution in [0.4, 0.5) is 4.79 Å². The number of carbonyl (C=O) groups is 1. The van der Waals surface area contributed by atoms with Gasteiger partial charge in [0, 0.05) is 18.7 Å². The lowest BCUT2D eigenvalue weighted by molar-refractivity contribution is 0.229. The van der Waals surface area contributed by atoms with E-state index in [1.54, 1.807) is 12.5 Å². The summed E-state index contributed by atoms with van der Waals surface area (Å²) in [6.45, 7) is 3.54. The van der Waals surface area contributed by atoms with Gasteiger partial charge in [-0.3, -0.25) is 0 Å². The van der Waals surface area contributed by atoms with Crippen molar-refractivity contribution >= 4 is 6.03 Å². The number of amides is 2. The molecule has 0 radical (unpaired) electrons. The highest BCUT2D eigenvalue weighted by atomic mass is 16.3. The first kappa shape index (κ1) is 15.6. The van der Waals surface area contributed by atoms with E-state index in [-0.39, 0.29) is 12.1 Å². The van der Waals surface area contributed by atoms with E-state index in [4.69, 9.17) is 4.42 Å². The van der Waals surface area contributed by atoms with Crippen LogP contribution in [0.25, 0.3) is 0 Å². The van der Waals surface area contributed by atoms with Crippen molar-refractivity contribution in [2.75, 3.05) is 19.6 Å². The molecule has 1 aliphatic rings. The van der Waals surface area contributed by atoms with Gasteiger partial charge in [-0.1, -0.05) is 30.3 Å². The third-order valence-corrected chi connectivity index (χ3v) is 4.18. The third-order valence-electron chi connectivity index (χ3n) is 4.18. The number of likely N-dealkylation sites (tertiary alicyclic amines) is 1. The van der Waals surface area contributed by atoms with E-state index in [2.05, 4.69) is 27.7 Å². The van der Waals surface area contributed by atoms with Gasteiger partial charge >= 0.3 is 6.03 Å². The van der Waals surface area contributed by atoms with Gasteiger partial charge in [-0.15, -0.1) is 0 Å². The minimum atomic E-state index is -0.153. The lowest BCUT2D eigenvalue weighted by Crippen LogP contribution is -2.42. The highest BCUT2D eigenvalue weighted by Gasteiger charge is 2.20. The Balaban J connectivity index is 1.59. The van der Waals surface area contributed by atoms with Crippen LogP contribution in [0.5, 0.6) is 0 Å². The molecule has 3 rings (SSSR count). The molecule has 1 atom stereocenters. The molecule has 122 valence electrons. The molecular formula is C18H23N3O2. The predicted molar refractivity (Wildman–Crippen MR) is 88.9 cm³/mol. The van der Waals surface area contributed by atoms with Crippen molar-refractivity contribution < 1.29 is 9.21 Å². The molecule has 0 saturated carbocycles. The van der Waals surface area contributed by atoms with Crippen molar-refractivity contribution in [2.45, 2.75) is 25.4 Å². The molecule has 1 aromatic heterocycles. The maximum absolute atomic E-state index is 12.2. The molecule has 2 heterocycles. The fraction of sp³-hybridized carbons (Fsp3) is 0.389. The summed E-state index contributed by atoms with van der Waals surface area (Å²) in [6, 6.07) is 11.8. The Morgan fingerprint density at radius 1 is 1.17 bits per heavy atom. The van der Waals surface area contributed by atoms with Gasteiger partial charge < -0.3 is 20.0 Å². The highest BCUT2D eigenvalue weighted by Crippen LogP contribution is 2.17. The number of hydrogen-bond donors (Lipinski definition) is 2. The molecule has 1 unspecified atom stereocenters. The van der Waals surface area contributed by atoms with Crippen LogP contribution >= 0.6 is 0 Å². The van der Waals surface area contributed by atoms with Gasteiger partial charge in [-0.05, 0) is 37.6 Å². The molecule has 1 aliphatic heterocycles. The minimum Gasteiger partial charge on any atom is -0.472 e. The van der Waals surface area contributed by atoms with Crippen LogP contribution in [0.3, 0.4) is 0 Å². The fourth-order valence-corrected chi connectivity index (χ4v) is 2.93. The first-order chi connectivity index (χ1) is 11.3. The van der Waals surface area contributed by atoms with Gasteiger partial charge in [-0.25, -0.2) is 4.79 Å². The van der Waals surface area contributed by atoms with E-state index in [0.29, 0.717) is 6.54 Å². The lowest BCUT2D eigenvalue weighted by Gasteiger charge is -2.25. The van der Waals surface area contributed by atoms with Crippen LogP contribution in [0, 0.1) is 0 Å². The quantitative estimate of drug-likeness (QED) is 0.862. The molecule has 1 aromatic carbocycles. The number of carbonyl (C=O) groups excluding carboxylic acids is 1. The van der Waals surface area contributed by atoms with E-state index >= 15 is 0 Å². The van der Waals surface area contributed by atoms with Crippen LogP contribution < -0.4 is 10.6 Å². The van der Waals surface area contributed by atoms with Gasteiger partial charge in [-0.2, -0.15) is 0 Å². The second-order valence-corrected chi connectivity index (χ2v) is 5.93. The van der Waals surface area contributed by atoms with Crippen molar-refractivity contribution in [3.63, 3.8) is 0 Å². The van der Waals surface area contributed by atoms with E-state index in [1.807, 2.05) is 24.3 Å². The normalized spacial score (nSPS) is 16.2. The Morgan fingerprint density at radius 2 is 1.96 bits per heavy atom. The zero-order chi connectivity index (χ0) is 15.9. The van der Waals surface area contributed by atoms with Gasteiger partial charge in [0.15, 0.2) is 0 Å². The fourth-order valence-electron chi connectivity index (χ4n) is 2.93. The molecule has 5 nitrogen and oxygen atoms in total. The number of nitrogens with zero attached hydrogens (tertiary/aromatic N) is 1. The van der Waals surface area contributed by atoms with Gasteiger partial charge in [0.1, 0.15) is 0 Å². The Morgan fingerprint density at radius 3 is 2.65 bits per heavy atom. The van der Waals surface area contributed by atoms with Crippen molar-refractivity contribution in [2.24, 2.45) is 0 Å². The monoisotopic (exact) mass is 313 g/mol. The molecular weight excluding hydrogens is 290 g/mol. The zero-order valence-corrected chi connectivity index (χ0v) is 13.2. The van der Waals surface area contributed by atoms with Gasteiger partial charge in [0.05, 0.1) is 18.6 Å². The molecule has 1 fully saturated rings. The SMILES string of the molecule is O=C(NCc1ccoc1)NC(CN1CCCC1)c1ccccc1. The summed E-state index contributed by atoms with van der Waals surface area (Å²) in [5.74, 6) is 0. The van der Waals surface area contributed by atoms with Crippen LogP contribution in [0.1, 0.15) is 30.0 Å². The summed E-state index contributed by atoms with van der Waals surface area (Å²) in [5.41, 5.74) is 2.09. The average molecular weight is 313 g/mol. The van der Waals surface area contributed by atoms with Crippen molar-refractivity contribution in [1.29, 1.82) is 0 Å². The summed E-state index contributed by atoms with van der Waals surface area (Å²) in [5, 5.41) is 5.98. The van der Waals surface area contributed by atoms with Crippen molar-refractivity contribution in [1.82, 2.24) is 15.5 Å². The Kier molecular flexibility index (Phi) is 5.32. The van der Waals surface area contributed by atoms with Crippen LogP contribution in [-0.4, -0.2) is 30.6 Å². The zero-order valence-electron chi connectivity index (χ0n) is 13.2. The molecule has 0 spiro atoms. The summed E-state index contributed by atoms with van der Waals surface area (Å²) in [7, 11) is 0. The largest absolute Gasteiger partial charge is 0.472 e. The molecule has 0 bridgehead atoms. The molecule has 2 aromatic rings. The standard InChI is InChI=1S/C18H23N3O2/c22-18(19-12-15-8-11-23-14-15)20-17(13-21-9-4-5-10-21)16-6-2-1-3-7-16/h1-3,6-8,11,14,17H,4-5,9-10,12-13H2,(H2,19,20,22). The van der Waals surface area contributed by atoms with E-state index in [0.717, 1.165) is 30.8 Å². The van der Waals surface area contributed by atoms with Crippen LogP contribution in [0.15, 0.2) is 53.3 Å². The minimum absolute atomic E-state index is 0.00125. The van der Waals surface area contributed by atoms with E-state index in [9.17, 15) is 4.79 Å². The third kappa shape index (κ3) is 4.60. The summed E-state index contributed by atoms with van der Waals surface area (Å²) >= 11 is 0. The number of hydrogen-bond acceptors (Lipinski definition) is 3. The van der Waals surface area contributed by atoms with Crippen molar-refractivity contribution in [3.05, 3.63) is 60.1 Å². The maximum Gasteiger partial charge on any atom is 0.315 e. The predicted octanol–water partition coefficient (Wildman–Crippen LogP) is 2.92. The van der Waals surface area contributed by atoms with Crippen LogP contribution in [0.2, 0.25) is 0 Å². The van der Waals surface area contributed by atoms with Gasteiger partial charge in [0.2, 0.25) is 0 Å². The first-order valence-corrected chi connectivity index (χ1v) is 8.14. The number of rotatable bonds is 6. The molecule has 23 heavy (non-hydrogen) atoms. The number of furan rings is 1. The number of benzene rings is 1. The number of urea groups is 1. The summed E-state index contributed by atoms with van der Waals surface area (Å²) < 4.78 is 5.01. The summed E-state index contributed by atoms with van der Waals surface area (Å²) in [4.78, 5) is 14.6. The van der Waals surface area contributed by atoms with Gasteiger partial charge in [0.25, 0.3) is 0 Å². The van der Waals surface area contributed by atoms with E-state index < -0.39 is 0 Å². The second kappa shape index (κ2) is 7.83. The Labute approximate surface area is 136 Å². The molecule has 1 saturated heterocycles. The smallest absolute Gasteiger partial charge is 0.315 e. The molecule has 5 heteroatoms. The Bertz CT molecular complexity index is 592. The lowest BCUT2D eigenvalue weighted by atomic mass is 10.1. The second-order valence-electron chi connectivity index (χ2n) is 5.93. The molecule has 2 amide bonds. The average Bonchev–Trinajstić information content (AvgIpc) is 3.27. The van der Waals surface area contributed by atoms with Crippen LogP contribution in [-0.2, 0) is 6.54 Å².